The van der Waals surface area contributed by atoms with Crippen LogP contribution >= 0.6 is 0 Å². The molecule has 0 spiro atoms. The van der Waals surface area contributed by atoms with Gasteiger partial charge in [0.15, 0.2) is 0 Å². The highest BCUT2D eigenvalue weighted by molar-refractivity contribution is 5.97. The Balaban J connectivity index is 2.06. The number of benzene rings is 2. The van der Waals surface area contributed by atoms with E-state index in [0.717, 1.165) is 5.56 Å². The molecule has 0 radical (unpaired) electrons. The largest absolute Gasteiger partial charge is 0.496 e. The summed E-state index contributed by atoms with van der Waals surface area (Å²) in [5.41, 5.74) is 2.50. The zero-order valence-electron chi connectivity index (χ0n) is 19.5. The van der Waals surface area contributed by atoms with Crippen LogP contribution in [0.5, 0.6) is 5.75 Å². The zero-order chi connectivity index (χ0) is 23.8. The van der Waals surface area contributed by atoms with E-state index in [1.54, 1.807) is 42.3 Å². The fraction of sp³-hybridized carbons (Fsp3) is 0.360. The van der Waals surface area contributed by atoms with Gasteiger partial charge in [-0.05, 0) is 50.2 Å². The molecule has 8 heteroatoms. The Morgan fingerprint density at radius 1 is 1.06 bits per heavy atom. The maximum absolute atomic E-state index is 13.5. The SMILES string of the molecule is CCN(CC)c1onc(-c2ccc(F)cc2)c1CN(CCOC)C(=O)c1ccccc1OC. The number of carbonyl (C=O) groups excluding carboxylic acids is 1. The number of methoxy groups -OCH3 is 2. The maximum Gasteiger partial charge on any atom is 0.258 e. The Morgan fingerprint density at radius 2 is 1.76 bits per heavy atom. The number of halogens is 1. The number of hydrogen-bond donors (Lipinski definition) is 0. The van der Waals surface area contributed by atoms with Crippen molar-refractivity contribution in [2.24, 2.45) is 0 Å². The predicted molar refractivity (Wildman–Crippen MR) is 125 cm³/mol. The molecule has 176 valence electrons. The number of anilines is 1. The predicted octanol–water partition coefficient (Wildman–Crippen LogP) is 4.62. The Hall–Kier alpha value is -3.39. The van der Waals surface area contributed by atoms with Crippen molar-refractivity contribution in [2.45, 2.75) is 20.4 Å². The molecule has 0 aliphatic carbocycles. The Labute approximate surface area is 193 Å². The minimum atomic E-state index is -0.333. The molecule has 1 heterocycles. The number of ether oxygens (including phenoxy) is 2. The summed E-state index contributed by atoms with van der Waals surface area (Å²) in [6, 6.07) is 13.2. The van der Waals surface area contributed by atoms with Crippen LogP contribution in [-0.2, 0) is 11.3 Å². The lowest BCUT2D eigenvalue weighted by Gasteiger charge is -2.25. The smallest absolute Gasteiger partial charge is 0.258 e. The van der Waals surface area contributed by atoms with Crippen LogP contribution in [0.4, 0.5) is 10.3 Å². The summed E-state index contributed by atoms with van der Waals surface area (Å²) in [6.07, 6.45) is 0. The van der Waals surface area contributed by atoms with Crippen molar-refractivity contribution in [1.82, 2.24) is 10.1 Å². The summed E-state index contributed by atoms with van der Waals surface area (Å²) in [5.74, 6) is 0.564. The molecule has 0 saturated carbocycles. The normalized spacial score (nSPS) is 10.8. The van der Waals surface area contributed by atoms with Crippen molar-refractivity contribution < 1.29 is 23.2 Å². The van der Waals surface area contributed by atoms with E-state index in [9.17, 15) is 9.18 Å². The van der Waals surface area contributed by atoms with Gasteiger partial charge in [-0.15, -0.1) is 0 Å². The molecule has 0 bridgehead atoms. The van der Waals surface area contributed by atoms with Crippen molar-refractivity contribution >= 4 is 11.8 Å². The van der Waals surface area contributed by atoms with Crippen LogP contribution in [-0.4, -0.2) is 56.4 Å². The standard InChI is InChI=1S/C25H30FN3O4/c1-5-28(6-2)25-21(23(27-33-25)18-11-13-19(26)14-12-18)17-29(15-16-31-3)24(30)20-9-7-8-10-22(20)32-4/h7-14H,5-6,15-17H2,1-4H3. The van der Waals surface area contributed by atoms with E-state index in [1.807, 2.05) is 24.8 Å². The van der Waals surface area contributed by atoms with Crippen LogP contribution in [0.15, 0.2) is 53.1 Å². The van der Waals surface area contributed by atoms with E-state index >= 15 is 0 Å². The van der Waals surface area contributed by atoms with Gasteiger partial charge in [-0.2, -0.15) is 0 Å². The second-order valence-corrected chi connectivity index (χ2v) is 7.41. The first-order valence-electron chi connectivity index (χ1n) is 10.9. The summed E-state index contributed by atoms with van der Waals surface area (Å²) in [7, 11) is 3.13. The lowest BCUT2D eigenvalue weighted by atomic mass is 10.1. The zero-order valence-corrected chi connectivity index (χ0v) is 19.5. The van der Waals surface area contributed by atoms with E-state index in [0.29, 0.717) is 54.7 Å². The summed E-state index contributed by atoms with van der Waals surface area (Å²) in [4.78, 5) is 17.3. The summed E-state index contributed by atoms with van der Waals surface area (Å²) < 4.78 is 29.9. The monoisotopic (exact) mass is 455 g/mol. The molecule has 7 nitrogen and oxygen atoms in total. The number of carbonyl (C=O) groups is 1. The molecule has 3 aromatic rings. The lowest BCUT2D eigenvalue weighted by molar-refractivity contribution is 0.0677. The highest BCUT2D eigenvalue weighted by Crippen LogP contribution is 2.33. The number of para-hydroxylation sites is 1. The summed E-state index contributed by atoms with van der Waals surface area (Å²) in [6.45, 7) is 6.42. The average molecular weight is 456 g/mol. The Bertz CT molecular complexity index is 1050. The van der Waals surface area contributed by atoms with Crippen LogP contribution in [0, 0.1) is 5.82 Å². The third-order valence-electron chi connectivity index (χ3n) is 5.47. The van der Waals surface area contributed by atoms with Gasteiger partial charge in [0.1, 0.15) is 17.3 Å². The lowest BCUT2D eigenvalue weighted by Crippen LogP contribution is -2.34. The van der Waals surface area contributed by atoms with Gasteiger partial charge in [-0.1, -0.05) is 17.3 Å². The van der Waals surface area contributed by atoms with Crippen LogP contribution < -0.4 is 9.64 Å². The second kappa shape index (κ2) is 11.5. The first-order valence-corrected chi connectivity index (χ1v) is 10.9. The summed E-state index contributed by atoms with van der Waals surface area (Å²) >= 11 is 0. The third-order valence-corrected chi connectivity index (χ3v) is 5.47. The molecular formula is C25H30FN3O4. The maximum atomic E-state index is 13.5. The first-order chi connectivity index (χ1) is 16.0. The van der Waals surface area contributed by atoms with Crippen molar-refractivity contribution in [1.29, 1.82) is 0 Å². The second-order valence-electron chi connectivity index (χ2n) is 7.41. The van der Waals surface area contributed by atoms with E-state index in [2.05, 4.69) is 5.16 Å². The number of hydrogen-bond acceptors (Lipinski definition) is 6. The topological polar surface area (TPSA) is 68.0 Å². The summed E-state index contributed by atoms with van der Waals surface area (Å²) in [5, 5.41) is 4.30. The molecule has 33 heavy (non-hydrogen) atoms. The highest BCUT2D eigenvalue weighted by atomic mass is 19.1. The van der Waals surface area contributed by atoms with E-state index < -0.39 is 0 Å². The van der Waals surface area contributed by atoms with Gasteiger partial charge in [0.05, 0.1) is 31.4 Å². The fourth-order valence-electron chi connectivity index (χ4n) is 3.67. The van der Waals surface area contributed by atoms with Crippen molar-refractivity contribution in [3.63, 3.8) is 0 Å². The molecule has 0 N–H and O–H groups in total. The Morgan fingerprint density at radius 3 is 2.39 bits per heavy atom. The minimum Gasteiger partial charge on any atom is -0.496 e. The van der Waals surface area contributed by atoms with E-state index in [1.165, 1.54) is 19.2 Å². The van der Waals surface area contributed by atoms with Gasteiger partial charge in [0.25, 0.3) is 5.91 Å². The number of nitrogens with zero attached hydrogens (tertiary/aromatic N) is 3. The molecule has 3 rings (SSSR count). The molecule has 1 aromatic heterocycles. The molecule has 0 aliphatic rings. The number of amides is 1. The van der Waals surface area contributed by atoms with Crippen LogP contribution in [0.25, 0.3) is 11.3 Å². The number of aromatic nitrogens is 1. The number of rotatable bonds is 11. The highest BCUT2D eigenvalue weighted by Gasteiger charge is 2.27. The molecule has 0 fully saturated rings. The quantitative estimate of drug-likeness (QED) is 0.420. The van der Waals surface area contributed by atoms with Crippen molar-refractivity contribution in [2.75, 3.05) is 45.4 Å². The van der Waals surface area contributed by atoms with Crippen molar-refractivity contribution in [3.8, 4) is 17.0 Å². The van der Waals surface area contributed by atoms with Gasteiger partial charge in [-0.3, -0.25) is 4.79 Å². The average Bonchev–Trinajstić information content (AvgIpc) is 3.25. The fourth-order valence-corrected chi connectivity index (χ4v) is 3.67. The molecule has 0 atom stereocenters. The van der Waals surface area contributed by atoms with Crippen LogP contribution in [0.1, 0.15) is 29.8 Å². The van der Waals surface area contributed by atoms with Crippen molar-refractivity contribution in [3.05, 3.63) is 65.5 Å². The van der Waals surface area contributed by atoms with Crippen LogP contribution in [0.2, 0.25) is 0 Å². The molecule has 2 aromatic carbocycles. The van der Waals surface area contributed by atoms with E-state index in [-0.39, 0.29) is 18.3 Å². The molecule has 0 saturated heterocycles. The van der Waals surface area contributed by atoms with Gasteiger partial charge in [0.2, 0.25) is 5.88 Å². The molecule has 1 amide bonds. The van der Waals surface area contributed by atoms with Gasteiger partial charge in [0, 0.05) is 32.3 Å². The van der Waals surface area contributed by atoms with Crippen LogP contribution in [0.3, 0.4) is 0 Å². The van der Waals surface area contributed by atoms with E-state index in [4.69, 9.17) is 14.0 Å². The minimum absolute atomic E-state index is 0.193. The van der Waals surface area contributed by atoms with Gasteiger partial charge >= 0.3 is 0 Å². The Kier molecular flexibility index (Phi) is 8.43. The molecular weight excluding hydrogens is 425 g/mol. The van der Waals surface area contributed by atoms with Gasteiger partial charge < -0.3 is 23.8 Å². The first kappa shape index (κ1) is 24.3. The van der Waals surface area contributed by atoms with Gasteiger partial charge in [-0.25, -0.2) is 4.39 Å². The molecule has 0 aliphatic heterocycles. The molecule has 0 unspecified atom stereocenters. The third kappa shape index (κ3) is 5.51.